The fourth-order valence-electron chi connectivity index (χ4n) is 2.58. The molecule has 26 heavy (non-hydrogen) atoms. The van der Waals surface area contributed by atoms with E-state index in [0.29, 0.717) is 4.70 Å². The normalized spacial score (nSPS) is 13.0. The van der Waals surface area contributed by atoms with Crippen LogP contribution in [0.3, 0.4) is 0 Å². The average molecular weight is 393 g/mol. The zero-order valence-corrected chi connectivity index (χ0v) is 16.4. The van der Waals surface area contributed by atoms with Crippen LogP contribution >= 0.6 is 11.3 Å². The van der Waals surface area contributed by atoms with Crippen molar-refractivity contribution in [2.75, 3.05) is 6.61 Å². The highest BCUT2D eigenvalue weighted by atomic mass is 32.2. The number of benzene rings is 2. The first-order valence-electron chi connectivity index (χ1n) is 8.08. The molecule has 1 N–H and O–H groups in total. The van der Waals surface area contributed by atoms with Crippen LogP contribution in [0.4, 0.5) is 0 Å². The second-order valence-electron chi connectivity index (χ2n) is 6.16. The predicted molar refractivity (Wildman–Crippen MR) is 104 cm³/mol. The summed E-state index contributed by atoms with van der Waals surface area (Å²) in [6.07, 6.45) is 0. The van der Waals surface area contributed by atoms with Crippen LogP contribution in [0.1, 0.15) is 12.5 Å². The molecule has 1 heterocycles. The Morgan fingerprint density at radius 3 is 2.69 bits per heavy atom. The minimum atomic E-state index is -3.70. The van der Waals surface area contributed by atoms with Crippen molar-refractivity contribution in [2.45, 2.75) is 24.8 Å². The third kappa shape index (κ3) is 3.82. The van der Waals surface area contributed by atoms with Crippen molar-refractivity contribution in [3.63, 3.8) is 0 Å². The summed E-state index contributed by atoms with van der Waals surface area (Å²) in [6, 6.07) is 11.8. The number of aryl methyl sites for hydroxylation is 2. The van der Waals surface area contributed by atoms with Gasteiger partial charge in [-0.2, -0.15) is 0 Å². The van der Waals surface area contributed by atoms with Gasteiger partial charge in [0.05, 0.1) is 21.2 Å². The number of nitrogens with zero attached hydrogens (tertiary/aromatic N) is 1. The van der Waals surface area contributed by atoms with Crippen molar-refractivity contribution >= 4 is 31.6 Å². The molecule has 8 heteroatoms. The summed E-state index contributed by atoms with van der Waals surface area (Å²) in [5.41, 5.74) is 1.71. The quantitative estimate of drug-likeness (QED) is 0.700. The third-order valence-corrected chi connectivity index (χ3v) is 6.60. The van der Waals surface area contributed by atoms with E-state index in [1.165, 1.54) is 16.7 Å². The standard InChI is InChI=1S/C18H20N2O4S2/c1-12-6-4-5-7-16(12)24-11-13(2)19-26(22,23)14-8-9-15-17(10-14)25-18(21)20(15)3/h4-10,13,19H,11H2,1-3H3/t13-/m0/s1. The van der Waals surface area contributed by atoms with Crippen molar-refractivity contribution < 1.29 is 13.2 Å². The van der Waals surface area contributed by atoms with Crippen LogP contribution in [0.5, 0.6) is 5.75 Å². The predicted octanol–water partition coefficient (Wildman–Crippen LogP) is 2.65. The lowest BCUT2D eigenvalue weighted by Gasteiger charge is -2.16. The maximum atomic E-state index is 12.6. The Morgan fingerprint density at radius 1 is 1.23 bits per heavy atom. The van der Waals surface area contributed by atoms with Crippen molar-refractivity contribution in [2.24, 2.45) is 7.05 Å². The molecule has 0 saturated carbocycles. The van der Waals surface area contributed by atoms with E-state index in [1.807, 2.05) is 31.2 Å². The van der Waals surface area contributed by atoms with Crippen LogP contribution in [0.25, 0.3) is 10.2 Å². The number of thiazole rings is 1. The fourth-order valence-corrected chi connectivity index (χ4v) is 4.83. The van der Waals surface area contributed by atoms with Gasteiger partial charge in [-0.25, -0.2) is 13.1 Å². The van der Waals surface area contributed by atoms with E-state index < -0.39 is 16.1 Å². The summed E-state index contributed by atoms with van der Waals surface area (Å²) in [4.78, 5) is 11.7. The summed E-state index contributed by atoms with van der Waals surface area (Å²) in [5.74, 6) is 0.731. The minimum absolute atomic E-state index is 0.123. The van der Waals surface area contributed by atoms with Crippen LogP contribution in [0, 0.1) is 6.92 Å². The van der Waals surface area contributed by atoms with Gasteiger partial charge in [-0.05, 0) is 43.7 Å². The second kappa shape index (κ2) is 7.22. The maximum Gasteiger partial charge on any atom is 0.307 e. The Hall–Kier alpha value is -2.16. The van der Waals surface area contributed by atoms with Crippen molar-refractivity contribution in [3.8, 4) is 5.75 Å². The fraction of sp³-hybridized carbons (Fsp3) is 0.278. The molecule has 1 atom stereocenters. The molecule has 1 aromatic heterocycles. The van der Waals surface area contributed by atoms with Gasteiger partial charge in [0.1, 0.15) is 12.4 Å². The van der Waals surface area contributed by atoms with Crippen molar-refractivity contribution in [1.82, 2.24) is 9.29 Å². The Bertz CT molecular complexity index is 1100. The van der Waals surface area contributed by atoms with Crippen LogP contribution in [-0.2, 0) is 17.1 Å². The molecule has 2 aromatic carbocycles. The molecule has 0 saturated heterocycles. The van der Waals surface area contributed by atoms with Gasteiger partial charge < -0.3 is 9.30 Å². The summed E-state index contributed by atoms with van der Waals surface area (Å²) >= 11 is 1.03. The largest absolute Gasteiger partial charge is 0.492 e. The molecular formula is C18H20N2O4S2. The lowest BCUT2D eigenvalue weighted by Crippen LogP contribution is -2.36. The van der Waals surface area contributed by atoms with E-state index in [1.54, 1.807) is 20.0 Å². The van der Waals surface area contributed by atoms with Gasteiger partial charge in [0.2, 0.25) is 10.0 Å². The van der Waals surface area contributed by atoms with Crippen molar-refractivity contribution in [3.05, 3.63) is 57.7 Å². The summed E-state index contributed by atoms with van der Waals surface area (Å²) in [7, 11) is -2.04. The molecule has 0 aliphatic rings. The topological polar surface area (TPSA) is 77.4 Å². The smallest absolute Gasteiger partial charge is 0.307 e. The van der Waals surface area contributed by atoms with Crippen molar-refractivity contribution in [1.29, 1.82) is 0 Å². The van der Waals surface area contributed by atoms with E-state index >= 15 is 0 Å². The summed E-state index contributed by atoms with van der Waals surface area (Å²) in [5, 5.41) is 0. The minimum Gasteiger partial charge on any atom is -0.492 e. The monoisotopic (exact) mass is 392 g/mol. The molecular weight excluding hydrogens is 372 g/mol. The highest BCUT2D eigenvalue weighted by molar-refractivity contribution is 7.89. The molecule has 0 bridgehead atoms. The molecule has 138 valence electrons. The second-order valence-corrected chi connectivity index (χ2v) is 8.86. The van der Waals surface area contributed by atoms with Gasteiger partial charge in [0, 0.05) is 7.05 Å². The van der Waals surface area contributed by atoms with E-state index in [2.05, 4.69) is 4.72 Å². The first-order chi connectivity index (χ1) is 12.3. The molecule has 0 unspecified atom stereocenters. The van der Waals surface area contributed by atoms with E-state index in [9.17, 15) is 13.2 Å². The Labute approximate surface area is 156 Å². The molecule has 0 aliphatic heterocycles. The Kier molecular flexibility index (Phi) is 5.17. The lowest BCUT2D eigenvalue weighted by atomic mass is 10.2. The number of sulfonamides is 1. The van der Waals surface area contributed by atoms with Gasteiger partial charge in [0.15, 0.2) is 0 Å². The van der Waals surface area contributed by atoms with E-state index in [0.717, 1.165) is 28.2 Å². The lowest BCUT2D eigenvalue weighted by molar-refractivity contribution is 0.286. The van der Waals surface area contributed by atoms with E-state index in [-0.39, 0.29) is 16.4 Å². The molecule has 0 amide bonds. The van der Waals surface area contributed by atoms with Gasteiger partial charge >= 0.3 is 4.87 Å². The first-order valence-corrected chi connectivity index (χ1v) is 10.4. The van der Waals surface area contributed by atoms with Crippen LogP contribution in [0.15, 0.2) is 52.2 Å². The first kappa shape index (κ1) is 18.6. The zero-order chi connectivity index (χ0) is 18.9. The highest BCUT2D eigenvalue weighted by Crippen LogP contribution is 2.21. The number of hydrogen-bond donors (Lipinski definition) is 1. The summed E-state index contributed by atoms with van der Waals surface area (Å²) in [6.45, 7) is 3.89. The molecule has 0 fully saturated rings. The van der Waals surface area contributed by atoms with Crippen LogP contribution in [0.2, 0.25) is 0 Å². The molecule has 0 radical (unpaired) electrons. The third-order valence-electron chi connectivity index (χ3n) is 4.01. The van der Waals surface area contributed by atoms with E-state index in [4.69, 9.17) is 4.74 Å². The average Bonchev–Trinajstić information content (AvgIpc) is 2.87. The number of para-hydroxylation sites is 1. The number of rotatable bonds is 6. The molecule has 3 rings (SSSR count). The molecule has 6 nitrogen and oxygen atoms in total. The maximum absolute atomic E-state index is 12.6. The molecule has 0 aliphatic carbocycles. The zero-order valence-electron chi connectivity index (χ0n) is 14.7. The number of fused-ring (bicyclic) bond motifs is 1. The number of nitrogens with one attached hydrogen (secondary N) is 1. The Balaban J connectivity index is 1.74. The van der Waals surface area contributed by atoms with Gasteiger partial charge in [-0.3, -0.25) is 4.79 Å². The van der Waals surface area contributed by atoms with Gasteiger partial charge in [-0.1, -0.05) is 29.5 Å². The van der Waals surface area contributed by atoms with Crippen LogP contribution in [-0.4, -0.2) is 25.6 Å². The van der Waals surface area contributed by atoms with Gasteiger partial charge in [0.25, 0.3) is 0 Å². The molecule has 0 spiro atoms. The SMILES string of the molecule is Cc1ccccc1OC[C@H](C)NS(=O)(=O)c1ccc2c(c1)sc(=O)n2C. The highest BCUT2D eigenvalue weighted by Gasteiger charge is 2.19. The summed E-state index contributed by atoms with van der Waals surface area (Å²) < 4.78 is 35.7. The van der Waals surface area contributed by atoms with Crippen LogP contribution < -0.4 is 14.3 Å². The Morgan fingerprint density at radius 2 is 1.96 bits per heavy atom. The number of hydrogen-bond acceptors (Lipinski definition) is 5. The van der Waals surface area contributed by atoms with Gasteiger partial charge in [-0.15, -0.1) is 0 Å². The number of ether oxygens (including phenoxy) is 1. The molecule has 3 aromatic rings. The number of aromatic nitrogens is 1.